The van der Waals surface area contributed by atoms with Crippen LogP contribution in [0.3, 0.4) is 0 Å². The number of fused-ring (bicyclic) bond motifs is 3. The van der Waals surface area contributed by atoms with Crippen molar-refractivity contribution in [1.82, 2.24) is 9.99 Å². The number of carbonyl (C=O) groups is 1. The molecule has 0 fully saturated rings. The number of aromatic nitrogens is 1. The molecule has 1 heterocycles. The first kappa shape index (κ1) is 20.7. The third-order valence-corrected chi connectivity index (χ3v) is 5.39. The van der Waals surface area contributed by atoms with E-state index in [2.05, 4.69) is 39.4 Å². The second-order valence-corrected chi connectivity index (χ2v) is 7.34. The zero-order valence-corrected chi connectivity index (χ0v) is 18.0. The number of carbonyl (C=O) groups excluding carboxylic acids is 1. The van der Waals surface area contributed by atoms with E-state index in [1.807, 2.05) is 62.4 Å². The first-order valence-electron chi connectivity index (χ1n) is 10.8. The summed E-state index contributed by atoms with van der Waals surface area (Å²) in [6, 6.07) is 24.4. The van der Waals surface area contributed by atoms with Crippen LogP contribution in [0.25, 0.3) is 21.8 Å². The molecule has 4 aromatic rings. The summed E-state index contributed by atoms with van der Waals surface area (Å²) in [5.41, 5.74) is 6.84. The Morgan fingerprint density at radius 1 is 0.903 bits per heavy atom. The van der Waals surface area contributed by atoms with Crippen molar-refractivity contribution >= 4 is 33.4 Å². The fraction of sp³-hybridized carbons (Fsp3) is 0.231. The summed E-state index contributed by atoms with van der Waals surface area (Å²) >= 11 is 0. The Balaban J connectivity index is 1.46. The molecule has 1 N–H and O–H groups in total. The van der Waals surface area contributed by atoms with E-state index in [9.17, 15) is 4.79 Å². The van der Waals surface area contributed by atoms with E-state index in [4.69, 9.17) is 4.74 Å². The zero-order valence-electron chi connectivity index (χ0n) is 18.0. The van der Waals surface area contributed by atoms with Crippen molar-refractivity contribution in [2.75, 3.05) is 6.61 Å². The Morgan fingerprint density at radius 2 is 1.52 bits per heavy atom. The van der Waals surface area contributed by atoms with Crippen molar-refractivity contribution in [3.8, 4) is 5.75 Å². The molecule has 0 saturated carbocycles. The van der Waals surface area contributed by atoms with Gasteiger partial charge in [0.15, 0.2) is 0 Å². The van der Waals surface area contributed by atoms with Crippen LogP contribution in [0.15, 0.2) is 77.9 Å². The number of hydrogen-bond acceptors (Lipinski definition) is 3. The lowest BCUT2D eigenvalue weighted by molar-refractivity contribution is -0.121. The van der Waals surface area contributed by atoms with Crippen molar-refractivity contribution in [2.24, 2.45) is 5.10 Å². The minimum atomic E-state index is -0.0984. The molecule has 1 aromatic heterocycles. The fourth-order valence-corrected chi connectivity index (χ4v) is 3.90. The molecule has 0 atom stereocenters. The van der Waals surface area contributed by atoms with Crippen molar-refractivity contribution < 1.29 is 9.53 Å². The van der Waals surface area contributed by atoms with Crippen LogP contribution >= 0.6 is 0 Å². The average Bonchev–Trinajstić information content (AvgIpc) is 3.13. The van der Waals surface area contributed by atoms with Crippen LogP contribution in [-0.4, -0.2) is 22.8 Å². The molecule has 0 aliphatic rings. The van der Waals surface area contributed by atoms with Gasteiger partial charge in [0.1, 0.15) is 5.75 Å². The SMILES string of the molecule is CCOc1ccc(/C(CC)=N/NC(=O)CCn2c3ccccc3c3ccccc32)cc1. The van der Waals surface area contributed by atoms with Gasteiger partial charge in [0.25, 0.3) is 0 Å². The first-order chi connectivity index (χ1) is 15.2. The number of rotatable bonds is 8. The predicted molar refractivity (Wildman–Crippen MR) is 127 cm³/mol. The van der Waals surface area contributed by atoms with E-state index >= 15 is 0 Å². The van der Waals surface area contributed by atoms with Gasteiger partial charge in [-0.2, -0.15) is 5.10 Å². The minimum absolute atomic E-state index is 0.0984. The number of hydrogen-bond donors (Lipinski definition) is 1. The quantitative estimate of drug-likeness (QED) is 0.306. The van der Waals surface area contributed by atoms with Crippen LogP contribution in [0, 0.1) is 0 Å². The summed E-state index contributed by atoms with van der Waals surface area (Å²) < 4.78 is 7.70. The zero-order chi connectivity index (χ0) is 21.6. The van der Waals surface area contributed by atoms with Crippen LogP contribution in [0.4, 0.5) is 0 Å². The topological polar surface area (TPSA) is 55.6 Å². The lowest BCUT2D eigenvalue weighted by Crippen LogP contribution is -2.21. The maximum atomic E-state index is 12.5. The summed E-state index contributed by atoms with van der Waals surface area (Å²) in [4.78, 5) is 12.5. The van der Waals surface area contributed by atoms with E-state index in [1.54, 1.807) is 0 Å². The van der Waals surface area contributed by atoms with Gasteiger partial charge < -0.3 is 9.30 Å². The van der Waals surface area contributed by atoms with Gasteiger partial charge in [-0.3, -0.25) is 4.79 Å². The molecule has 5 nitrogen and oxygen atoms in total. The van der Waals surface area contributed by atoms with Crippen molar-refractivity contribution in [1.29, 1.82) is 0 Å². The van der Waals surface area contributed by atoms with Crippen molar-refractivity contribution in [2.45, 2.75) is 33.2 Å². The molecule has 3 aromatic carbocycles. The van der Waals surface area contributed by atoms with E-state index in [-0.39, 0.29) is 5.91 Å². The minimum Gasteiger partial charge on any atom is -0.494 e. The smallest absolute Gasteiger partial charge is 0.241 e. The van der Waals surface area contributed by atoms with Gasteiger partial charge in [0, 0.05) is 34.8 Å². The van der Waals surface area contributed by atoms with E-state index in [1.165, 1.54) is 10.8 Å². The molecule has 0 bridgehead atoms. The van der Waals surface area contributed by atoms with E-state index in [0.717, 1.165) is 34.5 Å². The van der Waals surface area contributed by atoms with Gasteiger partial charge in [0.05, 0.1) is 12.3 Å². The molecule has 0 saturated heterocycles. The molecule has 4 rings (SSSR count). The van der Waals surface area contributed by atoms with Crippen LogP contribution < -0.4 is 10.2 Å². The number of nitrogens with zero attached hydrogens (tertiary/aromatic N) is 2. The predicted octanol–water partition coefficient (Wildman–Crippen LogP) is 5.51. The standard InChI is InChI=1S/C26H27N3O2/c1-3-23(19-13-15-20(16-14-19)31-4-2)27-28-26(30)17-18-29-24-11-7-5-9-21(24)22-10-6-8-12-25(22)29/h5-16H,3-4,17-18H2,1-2H3,(H,28,30)/b27-23+. The number of ether oxygens (including phenoxy) is 1. The summed E-state index contributed by atoms with van der Waals surface area (Å²) in [5.74, 6) is 0.732. The Bertz CT molecular complexity index is 1170. The fourth-order valence-electron chi connectivity index (χ4n) is 3.90. The number of nitrogens with one attached hydrogen (secondary N) is 1. The second-order valence-electron chi connectivity index (χ2n) is 7.34. The molecule has 0 aliphatic carbocycles. The molecular formula is C26H27N3O2. The lowest BCUT2D eigenvalue weighted by Gasteiger charge is -2.09. The number of para-hydroxylation sites is 2. The van der Waals surface area contributed by atoms with Crippen molar-refractivity contribution in [3.63, 3.8) is 0 Å². The van der Waals surface area contributed by atoms with Gasteiger partial charge in [-0.05, 0) is 55.3 Å². The van der Waals surface area contributed by atoms with Crippen LogP contribution in [0.1, 0.15) is 32.3 Å². The van der Waals surface area contributed by atoms with Crippen molar-refractivity contribution in [3.05, 3.63) is 78.4 Å². The Morgan fingerprint density at radius 3 is 2.10 bits per heavy atom. The third kappa shape index (κ3) is 4.45. The van der Waals surface area contributed by atoms with Crippen LogP contribution in [0.2, 0.25) is 0 Å². The van der Waals surface area contributed by atoms with E-state index in [0.29, 0.717) is 19.6 Å². The summed E-state index contributed by atoms with van der Waals surface area (Å²) in [6.45, 7) is 5.22. The highest BCUT2D eigenvalue weighted by atomic mass is 16.5. The molecule has 5 heteroatoms. The number of aryl methyl sites for hydroxylation is 1. The highest BCUT2D eigenvalue weighted by Crippen LogP contribution is 2.28. The molecular weight excluding hydrogens is 386 g/mol. The lowest BCUT2D eigenvalue weighted by atomic mass is 10.1. The maximum absolute atomic E-state index is 12.5. The molecule has 0 unspecified atom stereocenters. The maximum Gasteiger partial charge on any atom is 0.241 e. The van der Waals surface area contributed by atoms with Gasteiger partial charge in [-0.1, -0.05) is 43.3 Å². The molecule has 158 valence electrons. The Hall–Kier alpha value is -3.60. The van der Waals surface area contributed by atoms with Crippen LogP contribution in [0.5, 0.6) is 5.75 Å². The number of hydrazone groups is 1. The number of benzene rings is 3. The van der Waals surface area contributed by atoms with Gasteiger partial charge in [-0.25, -0.2) is 5.43 Å². The third-order valence-electron chi connectivity index (χ3n) is 5.39. The summed E-state index contributed by atoms with van der Waals surface area (Å²) in [5, 5.41) is 6.80. The molecule has 0 radical (unpaired) electrons. The first-order valence-corrected chi connectivity index (χ1v) is 10.8. The monoisotopic (exact) mass is 413 g/mol. The summed E-state index contributed by atoms with van der Waals surface area (Å²) in [6.07, 6.45) is 1.08. The van der Waals surface area contributed by atoms with Gasteiger partial charge in [0.2, 0.25) is 5.91 Å². The largest absolute Gasteiger partial charge is 0.494 e. The van der Waals surface area contributed by atoms with Crippen LogP contribution in [-0.2, 0) is 11.3 Å². The Kier molecular flexibility index (Phi) is 6.32. The van der Waals surface area contributed by atoms with Gasteiger partial charge >= 0.3 is 0 Å². The number of amides is 1. The highest BCUT2D eigenvalue weighted by Gasteiger charge is 2.11. The molecule has 1 amide bonds. The van der Waals surface area contributed by atoms with E-state index < -0.39 is 0 Å². The van der Waals surface area contributed by atoms with Gasteiger partial charge in [-0.15, -0.1) is 0 Å². The Labute approximate surface area is 182 Å². The second kappa shape index (κ2) is 9.47. The highest BCUT2D eigenvalue weighted by molar-refractivity contribution is 6.08. The average molecular weight is 414 g/mol. The molecule has 0 aliphatic heterocycles. The molecule has 31 heavy (non-hydrogen) atoms. The normalized spacial score (nSPS) is 11.7. The molecule has 0 spiro atoms. The summed E-state index contributed by atoms with van der Waals surface area (Å²) in [7, 11) is 0.